The standard InChI is InChI=1S/C54H97O11P/c1-4-7-10-13-16-19-21-22-23-24-25-26-27-28-30-32-34-37-40-43-52(56)61-47-51(65-54(58)45-42-39-36-33-29-20-17-14-11-8-5-2)49-63-66(59,60)62-48-50(46-55)64-53(57)44-41-38-35-31-18-15-12-9-6-3/h7,10,16,19,22-23,25-26,50-51,55H,4-6,8-9,11-15,17-18,20-21,24,27-49H2,1-3H3,(H,59,60)/b10-7-,19-16-,23-22-,26-25-. The van der Waals surface area contributed by atoms with Gasteiger partial charge in [-0.05, 0) is 57.8 Å². The summed E-state index contributed by atoms with van der Waals surface area (Å²) in [6, 6.07) is 0. The highest BCUT2D eigenvalue weighted by Gasteiger charge is 2.28. The molecule has 66 heavy (non-hydrogen) atoms. The highest BCUT2D eigenvalue weighted by molar-refractivity contribution is 7.47. The lowest BCUT2D eigenvalue weighted by molar-refractivity contribution is -0.161. The summed E-state index contributed by atoms with van der Waals surface area (Å²) in [5.41, 5.74) is 0. The third-order valence-electron chi connectivity index (χ3n) is 11.3. The summed E-state index contributed by atoms with van der Waals surface area (Å²) in [6.45, 7) is 4.48. The van der Waals surface area contributed by atoms with Crippen LogP contribution in [0.2, 0.25) is 0 Å². The summed E-state index contributed by atoms with van der Waals surface area (Å²) < 4.78 is 39.3. The molecule has 12 heteroatoms. The van der Waals surface area contributed by atoms with Crippen molar-refractivity contribution in [1.82, 2.24) is 0 Å². The second-order valence-corrected chi connectivity index (χ2v) is 19.1. The molecule has 3 atom stereocenters. The smallest absolute Gasteiger partial charge is 0.462 e. The number of phosphoric acid groups is 1. The van der Waals surface area contributed by atoms with Crippen molar-refractivity contribution in [3.05, 3.63) is 48.6 Å². The molecule has 0 aliphatic rings. The highest BCUT2D eigenvalue weighted by Crippen LogP contribution is 2.43. The molecule has 0 radical (unpaired) electrons. The maximum absolute atomic E-state index is 12.8. The summed E-state index contributed by atoms with van der Waals surface area (Å²) in [5, 5.41) is 9.74. The van der Waals surface area contributed by atoms with E-state index in [0.29, 0.717) is 19.3 Å². The van der Waals surface area contributed by atoms with E-state index in [-0.39, 0.29) is 25.9 Å². The van der Waals surface area contributed by atoms with Gasteiger partial charge in [-0.3, -0.25) is 23.4 Å². The number of carbonyl (C=O) groups excluding carboxylic acids is 3. The van der Waals surface area contributed by atoms with Gasteiger partial charge in [-0.2, -0.15) is 0 Å². The van der Waals surface area contributed by atoms with Crippen LogP contribution >= 0.6 is 7.82 Å². The van der Waals surface area contributed by atoms with Gasteiger partial charge in [0.05, 0.1) is 19.8 Å². The van der Waals surface area contributed by atoms with Gasteiger partial charge in [-0.1, -0.05) is 211 Å². The van der Waals surface area contributed by atoms with E-state index in [1.807, 2.05) is 0 Å². The summed E-state index contributed by atoms with van der Waals surface area (Å²) in [4.78, 5) is 48.2. The maximum Gasteiger partial charge on any atom is 0.472 e. The summed E-state index contributed by atoms with van der Waals surface area (Å²) in [5.74, 6) is -1.47. The van der Waals surface area contributed by atoms with Crippen molar-refractivity contribution < 1.29 is 52.2 Å². The lowest BCUT2D eigenvalue weighted by Gasteiger charge is -2.21. The van der Waals surface area contributed by atoms with Crippen LogP contribution in [0.1, 0.15) is 239 Å². The minimum atomic E-state index is -4.73. The van der Waals surface area contributed by atoms with E-state index < -0.39 is 57.8 Å². The van der Waals surface area contributed by atoms with Gasteiger partial charge in [-0.25, -0.2) is 4.57 Å². The van der Waals surface area contributed by atoms with Gasteiger partial charge in [0.15, 0.2) is 6.10 Å². The van der Waals surface area contributed by atoms with E-state index in [9.17, 15) is 28.9 Å². The number of unbranched alkanes of at least 4 members (excludes halogenated alkanes) is 24. The first kappa shape index (κ1) is 63.4. The zero-order valence-electron chi connectivity index (χ0n) is 42.2. The molecule has 0 aliphatic carbocycles. The Morgan fingerprint density at radius 3 is 1.21 bits per heavy atom. The highest BCUT2D eigenvalue weighted by atomic mass is 31.2. The van der Waals surface area contributed by atoms with Crippen LogP contribution in [0.5, 0.6) is 0 Å². The number of hydrogen-bond donors (Lipinski definition) is 2. The van der Waals surface area contributed by atoms with Crippen LogP contribution in [0.3, 0.4) is 0 Å². The van der Waals surface area contributed by atoms with Gasteiger partial charge in [0, 0.05) is 19.3 Å². The van der Waals surface area contributed by atoms with Crippen LogP contribution < -0.4 is 0 Å². The molecule has 3 unspecified atom stereocenters. The summed E-state index contributed by atoms with van der Waals surface area (Å²) in [6.07, 6.45) is 49.4. The Morgan fingerprint density at radius 1 is 0.439 bits per heavy atom. The van der Waals surface area contributed by atoms with Gasteiger partial charge in [0.2, 0.25) is 0 Å². The zero-order valence-corrected chi connectivity index (χ0v) is 43.1. The second kappa shape index (κ2) is 48.9. The van der Waals surface area contributed by atoms with E-state index in [1.165, 1.54) is 77.0 Å². The SMILES string of the molecule is CC/C=C\C/C=C\C/C=C\C/C=C\CCCCCCCCC(=O)OCC(COP(=O)(O)OCC(CO)OC(=O)CCCCCCCCCCC)OC(=O)CCCCCCCCCCCCC. The Labute approximate surface area is 403 Å². The number of allylic oxidation sites excluding steroid dienone is 8. The van der Waals surface area contributed by atoms with Crippen molar-refractivity contribution in [3.63, 3.8) is 0 Å². The molecule has 0 aromatic rings. The molecular formula is C54H97O11P. The molecule has 0 saturated heterocycles. The molecule has 0 aromatic carbocycles. The quantitative estimate of drug-likeness (QED) is 0.0197. The predicted molar refractivity (Wildman–Crippen MR) is 270 cm³/mol. The first-order valence-electron chi connectivity index (χ1n) is 26.5. The third-order valence-corrected chi connectivity index (χ3v) is 12.2. The fourth-order valence-electron chi connectivity index (χ4n) is 7.23. The molecule has 0 aliphatic heterocycles. The van der Waals surface area contributed by atoms with Crippen molar-refractivity contribution >= 4 is 25.7 Å². The van der Waals surface area contributed by atoms with Crippen molar-refractivity contribution in [2.75, 3.05) is 26.4 Å². The van der Waals surface area contributed by atoms with Crippen LogP contribution in [0, 0.1) is 0 Å². The van der Waals surface area contributed by atoms with Gasteiger partial charge in [0.1, 0.15) is 12.7 Å². The molecule has 0 bridgehead atoms. The van der Waals surface area contributed by atoms with Gasteiger partial charge < -0.3 is 24.2 Å². The van der Waals surface area contributed by atoms with E-state index in [2.05, 4.69) is 69.4 Å². The lowest BCUT2D eigenvalue weighted by Crippen LogP contribution is -2.30. The molecule has 2 N–H and O–H groups in total. The number of aliphatic hydroxyl groups excluding tert-OH is 1. The number of hydrogen-bond acceptors (Lipinski definition) is 10. The Hall–Kier alpha value is -2.56. The van der Waals surface area contributed by atoms with Gasteiger partial charge in [-0.15, -0.1) is 0 Å². The molecule has 0 rings (SSSR count). The third kappa shape index (κ3) is 46.5. The lowest BCUT2D eigenvalue weighted by atomic mass is 10.1. The molecular weight excluding hydrogens is 856 g/mol. The van der Waals surface area contributed by atoms with Crippen molar-refractivity contribution in [3.8, 4) is 0 Å². The van der Waals surface area contributed by atoms with Crippen molar-refractivity contribution in [1.29, 1.82) is 0 Å². The average Bonchev–Trinajstić information content (AvgIpc) is 3.30. The molecule has 11 nitrogen and oxygen atoms in total. The summed E-state index contributed by atoms with van der Waals surface area (Å²) in [7, 11) is -4.73. The minimum absolute atomic E-state index is 0.167. The number of esters is 3. The first-order valence-corrected chi connectivity index (χ1v) is 28.0. The summed E-state index contributed by atoms with van der Waals surface area (Å²) >= 11 is 0. The van der Waals surface area contributed by atoms with Gasteiger partial charge in [0.25, 0.3) is 0 Å². The van der Waals surface area contributed by atoms with Crippen LogP contribution in [-0.2, 0) is 42.2 Å². The molecule has 0 fully saturated rings. The van der Waals surface area contributed by atoms with Crippen LogP contribution in [0.15, 0.2) is 48.6 Å². The average molecular weight is 953 g/mol. The van der Waals surface area contributed by atoms with Crippen LogP contribution in [-0.4, -0.2) is 66.5 Å². The Morgan fingerprint density at radius 2 is 0.788 bits per heavy atom. The topological polar surface area (TPSA) is 155 Å². The number of phosphoric ester groups is 1. The Bertz CT molecular complexity index is 1300. The monoisotopic (exact) mass is 953 g/mol. The number of aliphatic hydroxyl groups is 1. The molecule has 0 aromatic heterocycles. The molecule has 0 spiro atoms. The molecule has 384 valence electrons. The van der Waals surface area contributed by atoms with E-state index >= 15 is 0 Å². The zero-order chi connectivity index (χ0) is 48.4. The molecule has 0 amide bonds. The van der Waals surface area contributed by atoms with Gasteiger partial charge >= 0.3 is 25.7 Å². The largest absolute Gasteiger partial charge is 0.472 e. The van der Waals surface area contributed by atoms with E-state index in [1.54, 1.807) is 0 Å². The fraction of sp³-hybridized carbons (Fsp3) is 0.796. The number of rotatable bonds is 49. The van der Waals surface area contributed by atoms with Crippen molar-refractivity contribution in [2.45, 2.75) is 251 Å². The molecule has 0 saturated carbocycles. The maximum atomic E-state index is 12.8. The van der Waals surface area contributed by atoms with Crippen LogP contribution in [0.25, 0.3) is 0 Å². The Kier molecular flexibility index (Phi) is 47.0. The van der Waals surface area contributed by atoms with E-state index in [4.69, 9.17) is 23.3 Å². The fourth-order valence-corrected chi connectivity index (χ4v) is 8.01. The number of ether oxygens (including phenoxy) is 3. The van der Waals surface area contributed by atoms with Crippen molar-refractivity contribution in [2.24, 2.45) is 0 Å². The minimum Gasteiger partial charge on any atom is -0.462 e. The second-order valence-electron chi connectivity index (χ2n) is 17.7. The van der Waals surface area contributed by atoms with Crippen LogP contribution in [0.4, 0.5) is 0 Å². The normalized spacial score (nSPS) is 13.8. The molecule has 0 heterocycles. The predicted octanol–water partition coefficient (Wildman–Crippen LogP) is 15.0. The first-order chi connectivity index (χ1) is 32.2. The van der Waals surface area contributed by atoms with E-state index in [0.717, 1.165) is 103 Å². The number of carbonyl (C=O) groups is 3. The Balaban J connectivity index is 4.69.